The van der Waals surface area contributed by atoms with Crippen LogP contribution in [0.2, 0.25) is 0 Å². The van der Waals surface area contributed by atoms with Crippen molar-refractivity contribution in [1.82, 2.24) is 10.2 Å². The maximum atomic E-state index is 12.6. The Balaban J connectivity index is 1.40. The lowest BCUT2D eigenvalue weighted by atomic mass is 10.2. The van der Waals surface area contributed by atoms with E-state index in [-0.39, 0.29) is 12.2 Å². The number of carbonyl (C=O) groups is 3. The average Bonchev–Trinajstić information content (AvgIpc) is 3.30. The fourth-order valence-electron chi connectivity index (χ4n) is 2.91. The highest BCUT2D eigenvalue weighted by Crippen LogP contribution is 2.29. The molecule has 31 heavy (non-hydrogen) atoms. The number of urea groups is 1. The van der Waals surface area contributed by atoms with Crippen LogP contribution in [0.15, 0.2) is 86.8 Å². The normalized spacial score (nSPS) is 14.7. The Morgan fingerprint density at radius 1 is 1.06 bits per heavy atom. The second-order valence-corrected chi connectivity index (χ2v) is 7.94. The molecule has 2 N–H and O–H groups in total. The zero-order chi connectivity index (χ0) is 21.8. The minimum Gasteiger partial charge on any atom is -0.450 e. The van der Waals surface area contributed by atoms with Crippen LogP contribution in [0, 0.1) is 6.92 Å². The average molecular weight is 433 g/mol. The van der Waals surface area contributed by atoms with Crippen molar-refractivity contribution < 1.29 is 18.8 Å². The van der Waals surface area contributed by atoms with Gasteiger partial charge in [0.2, 0.25) is 5.91 Å². The molecule has 156 valence electrons. The van der Waals surface area contributed by atoms with Crippen LogP contribution in [0.5, 0.6) is 0 Å². The molecule has 7 nitrogen and oxygen atoms in total. The van der Waals surface area contributed by atoms with Gasteiger partial charge in [0.25, 0.3) is 5.91 Å². The number of amides is 4. The Morgan fingerprint density at radius 2 is 1.81 bits per heavy atom. The van der Waals surface area contributed by atoms with Crippen LogP contribution in [-0.4, -0.2) is 29.3 Å². The molecule has 1 fully saturated rings. The smallest absolute Gasteiger partial charge is 0.329 e. The number of imide groups is 1. The van der Waals surface area contributed by atoms with Gasteiger partial charge in [0, 0.05) is 16.7 Å². The molecule has 1 aromatic heterocycles. The molecule has 0 spiro atoms. The molecule has 0 unspecified atom stereocenters. The quantitative estimate of drug-likeness (QED) is 0.447. The van der Waals surface area contributed by atoms with Gasteiger partial charge in [-0.25, -0.2) is 9.69 Å². The van der Waals surface area contributed by atoms with Crippen LogP contribution in [0.3, 0.4) is 0 Å². The van der Waals surface area contributed by atoms with E-state index in [2.05, 4.69) is 10.6 Å². The molecule has 2 aromatic carbocycles. The van der Waals surface area contributed by atoms with E-state index in [1.807, 2.05) is 49.4 Å². The first-order valence-corrected chi connectivity index (χ1v) is 10.3. The molecule has 0 aliphatic carbocycles. The molecule has 0 bridgehead atoms. The van der Waals surface area contributed by atoms with E-state index < -0.39 is 17.8 Å². The lowest BCUT2D eigenvalue weighted by molar-refractivity contribution is -0.127. The zero-order valence-corrected chi connectivity index (χ0v) is 17.4. The molecule has 4 amide bonds. The van der Waals surface area contributed by atoms with E-state index in [0.29, 0.717) is 16.5 Å². The predicted molar refractivity (Wildman–Crippen MR) is 117 cm³/mol. The Labute approximate surface area is 183 Å². The maximum absolute atomic E-state index is 12.6. The molecule has 2 heterocycles. The summed E-state index contributed by atoms with van der Waals surface area (Å²) < 4.78 is 5.72. The lowest BCUT2D eigenvalue weighted by Gasteiger charge is -2.12. The fraction of sp³-hybridized carbons (Fsp3) is 0.0870. The summed E-state index contributed by atoms with van der Waals surface area (Å²) in [5, 5.41) is 5.82. The minimum atomic E-state index is -0.652. The fourth-order valence-corrected chi connectivity index (χ4v) is 3.71. The number of nitrogens with one attached hydrogen (secondary N) is 2. The molecular weight excluding hydrogens is 414 g/mol. The molecule has 1 aliphatic rings. The topological polar surface area (TPSA) is 91.7 Å². The Hall–Kier alpha value is -3.78. The number of rotatable bonds is 6. The number of furan rings is 1. The summed E-state index contributed by atoms with van der Waals surface area (Å²) in [4.78, 5) is 38.9. The van der Waals surface area contributed by atoms with Crippen LogP contribution in [0.25, 0.3) is 6.08 Å². The van der Waals surface area contributed by atoms with Crippen molar-refractivity contribution >= 4 is 41.4 Å². The largest absolute Gasteiger partial charge is 0.450 e. The first-order valence-electron chi connectivity index (χ1n) is 9.52. The molecule has 0 atom stereocenters. The SMILES string of the molecule is Cc1ccc(NC(=O)CN2C(=O)N/C(=C/c3ccc(Sc4ccccc4)o3)C2=O)cc1. The number of carbonyl (C=O) groups excluding carboxylic acids is 3. The van der Waals surface area contributed by atoms with E-state index in [1.54, 1.807) is 24.3 Å². The minimum absolute atomic E-state index is 0.0544. The van der Waals surface area contributed by atoms with Gasteiger partial charge in [0.1, 0.15) is 18.0 Å². The highest BCUT2D eigenvalue weighted by atomic mass is 32.2. The Bertz CT molecular complexity index is 1150. The molecule has 0 saturated carbocycles. The zero-order valence-electron chi connectivity index (χ0n) is 16.6. The first-order chi connectivity index (χ1) is 15.0. The number of aryl methyl sites for hydroxylation is 1. The first kappa shape index (κ1) is 20.5. The molecule has 3 aromatic rings. The second kappa shape index (κ2) is 8.93. The van der Waals surface area contributed by atoms with Gasteiger partial charge in [0.05, 0.1) is 0 Å². The summed E-state index contributed by atoms with van der Waals surface area (Å²) in [7, 11) is 0. The standard InChI is InChI=1S/C23H19N3O4S/c1-15-7-9-16(10-8-15)24-20(27)14-26-22(28)19(25-23(26)29)13-17-11-12-21(30-17)31-18-5-3-2-4-6-18/h2-13H,14H2,1H3,(H,24,27)(H,25,29)/b19-13+. The number of nitrogens with zero attached hydrogens (tertiary/aromatic N) is 1. The van der Waals surface area contributed by atoms with Crippen molar-refractivity contribution in [2.45, 2.75) is 16.9 Å². The van der Waals surface area contributed by atoms with E-state index in [0.717, 1.165) is 15.4 Å². The van der Waals surface area contributed by atoms with E-state index >= 15 is 0 Å². The van der Waals surface area contributed by atoms with Crippen molar-refractivity contribution in [3.63, 3.8) is 0 Å². The summed E-state index contributed by atoms with van der Waals surface area (Å²) >= 11 is 1.45. The molecule has 8 heteroatoms. The van der Waals surface area contributed by atoms with Crippen LogP contribution in [0.1, 0.15) is 11.3 Å². The van der Waals surface area contributed by atoms with E-state index in [1.165, 1.54) is 17.8 Å². The van der Waals surface area contributed by atoms with Gasteiger partial charge in [0.15, 0.2) is 5.09 Å². The predicted octanol–water partition coefficient (Wildman–Crippen LogP) is 4.27. The molecule has 0 radical (unpaired) electrons. The van der Waals surface area contributed by atoms with Gasteiger partial charge >= 0.3 is 6.03 Å². The summed E-state index contributed by atoms with van der Waals surface area (Å²) in [6, 6.07) is 19.8. The molecular formula is C23H19N3O4S. The summed E-state index contributed by atoms with van der Waals surface area (Å²) in [6.45, 7) is 1.55. The third-order valence-corrected chi connectivity index (χ3v) is 5.38. The molecule has 1 aliphatic heterocycles. The summed E-state index contributed by atoms with van der Waals surface area (Å²) in [5.41, 5.74) is 1.71. The highest BCUT2D eigenvalue weighted by molar-refractivity contribution is 7.99. The monoisotopic (exact) mass is 433 g/mol. The highest BCUT2D eigenvalue weighted by Gasteiger charge is 2.35. The van der Waals surface area contributed by atoms with Gasteiger partial charge in [-0.15, -0.1) is 0 Å². The van der Waals surface area contributed by atoms with Crippen molar-refractivity contribution in [2.24, 2.45) is 0 Å². The maximum Gasteiger partial charge on any atom is 0.329 e. The van der Waals surface area contributed by atoms with Crippen LogP contribution >= 0.6 is 11.8 Å². The van der Waals surface area contributed by atoms with Crippen molar-refractivity contribution in [3.8, 4) is 0 Å². The Kier molecular flexibility index (Phi) is 5.90. The third kappa shape index (κ3) is 5.04. The number of anilines is 1. The van der Waals surface area contributed by atoms with Crippen LogP contribution in [-0.2, 0) is 9.59 Å². The van der Waals surface area contributed by atoms with Crippen molar-refractivity contribution in [1.29, 1.82) is 0 Å². The van der Waals surface area contributed by atoms with Gasteiger partial charge in [-0.3, -0.25) is 9.59 Å². The number of benzene rings is 2. The number of hydrogen-bond acceptors (Lipinski definition) is 5. The second-order valence-electron chi connectivity index (χ2n) is 6.87. The number of hydrogen-bond donors (Lipinski definition) is 2. The van der Waals surface area contributed by atoms with E-state index in [9.17, 15) is 14.4 Å². The van der Waals surface area contributed by atoms with Gasteiger partial charge < -0.3 is 15.1 Å². The van der Waals surface area contributed by atoms with Crippen LogP contribution < -0.4 is 10.6 Å². The van der Waals surface area contributed by atoms with Crippen molar-refractivity contribution in [2.75, 3.05) is 11.9 Å². The molecule has 1 saturated heterocycles. The van der Waals surface area contributed by atoms with Gasteiger partial charge in [-0.2, -0.15) is 0 Å². The Morgan fingerprint density at radius 3 is 2.55 bits per heavy atom. The van der Waals surface area contributed by atoms with Gasteiger partial charge in [-0.1, -0.05) is 47.7 Å². The third-order valence-electron chi connectivity index (χ3n) is 4.45. The molecule has 4 rings (SSSR count). The summed E-state index contributed by atoms with van der Waals surface area (Å²) in [5.74, 6) is -0.626. The lowest BCUT2D eigenvalue weighted by Crippen LogP contribution is -2.38. The summed E-state index contributed by atoms with van der Waals surface area (Å²) in [6.07, 6.45) is 1.45. The van der Waals surface area contributed by atoms with Crippen LogP contribution in [0.4, 0.5) is 10.5 Å². The van der Waals surface area contributed by atoms with E-state index in [4.69, 9.17) is 4.42 Å². The van der Waals surface area contributed by atoms with Crippen molar-refractivity contribution in [3.05, 3.63) is 83.8 Å². The van der Waals surface area contributed by atoms with Gasteiger partial charge in [-0.05, 0) is 43.3 Å².